The van der Waals surface area contributed by atoms with Crippen molar-refractivity contribution in [1.29, 1.82) is 0 Å². The van der Waals surface area contributed by atoms with Gasteiger partial charge in [-0.25, -0.2) is 13.8 Å². The van der Waals surface area contributed by atoms with Gasteiger partial charge in [-0.3, -0.25) is 0 Å². The minimum Gasteiger partial charge on any atom is -0.342 e. The Morgan fingerprint density at radius 3 is 2.58 bits per heavy atom. The molecule has 1 aliphatic heterocycles. The Hall–Kier alpha value is -2.43. The van der Waals surface area contributed by atoms with E-state index in [4.69, 9.17) is 0 Å². The van der Waals surface area contributed by atoms with Crippen LogP contribution in [0.25, 0.3) is 11.0 Å². The van der Waals surface area contributed by atoms with E-state index < -0.39 is 11.6 Å². The highest BCUT2D eigenvalue weighted by Gasteiger charge is 2.22. The molecule has 1 aliphatic rings. The molecule has 0 saturated carbocycles. The average Bonchev–Trinajstić information content (AvgIpc) is 3.03. The summed E-state index contributed by atoms with van der Waals surface area (Å²) >= 11 is 0. The number of piperidine rings is 1. The molecule has 2 heterocycles. The van der Waals surface area contributed by atoms with Crippen LogP contribution < -0.4 is 4.90 Å². The Labute approximate surface area is 139 Å². The van der Waals surface area contributed by atoms with Gasteiger partial charge in [0.25, 0.3) is 0 Å². The van der Waals surface area contributed by atoms with Crippen LogP contribution >= 0.6 is 0 Å². The topological polar surface area (TPSA) is 31.9 Å². The van der Waals surface area contributed by atoms with E-state index in [1.807, 2.05) is 24.3 Å². The molecule has 0 amide bonds. The summed E-state index contributed by atoms with van der Waals surface area (Å²) < 4.78 is 26.3. The fourth-order valence-corrected chi connectivity index (χ4v) is 3.44. The Morgan fingerprint density at radius 2 is 1.83 bits per heavy atom. The average molecular weight is 327 g/mol. The SMILES string of the molecule is Fc1ccc(CC2CCN(c3nc4ccccc4[nH]3)CC2)cc1F. The molecule has 24 heavy (non-hydrogen) atoms. The van der Waals surface area contributed by atoms with Gasteiger partial charge in [0.05, 0.1) is 11.0 Å². The maximum absolute atomic E-state index is 13.3. The lowest BCUT2D eigenvalue weighted by atomic mass is 9.90. The molecular weight excluding hydrogens is 308 g/mol. The van der Waals surface area contributed by atoms with Crippen LogP contribution in [0.2, 0.25) is 0 Å². The summed E-state index contributed by atoms with van der Waals surface area (Å²) in [4.78, 5) is 10.3. The molecule has 1 saturated heterocycles. The number of aromatic amines is 1. The van der Waals surface area contributed by atoms with E-state index in [0.717, 1.165) is 54.9 Å². The molecule has 0 radical (unpaired) electrons. The maximum Gasteiger partial charge on any atom is 0.203 e. The first-order valence-corrected chi connectivity index (χ1v) is 8.32. The number of nitrogens with one attached hydrogen (secondary N) is 1. The van der Waals surface area contributed by atoms with Gasteiger partial charge >= 0.3 is 0 Å². The third-order valence-electron chi connectivity index (χ3n) is 4.80. The molecule has 3 nitrogen and oxygen atoms in total. The van der Waals surface area contributed by atoms with Crippen LogP contribution in [0.3, 0.4) is 0 Å². The standard InChI is InChI=1S/C19H19F2N3/c20-15-6-5-14(12-16(15)21)11-13-7-9-24(10-8-13)19-22-17-3-1-2-4-18(17)23-19/h1-6,12-13H,7-11H2,(H,22,23). The number of imidazole rings is 1. The number of fused-ring (bicyclic) bond motifs is 1. The van der Waals surface area contributed by atoms with Crippen LogP contribution in [0.1, 0.15) is 18.4 Å². The Morgan fingerprint density at radius 1 is 1.04 bits per heavy atom. The molecule has 1 N–H and O–H groups in total. The Bertz CT molecular complexity index is 818. The van der Waals surface area contributed by atoms with E-state index in [2.05, 4.69) is 14.9 Å². The zero-order valence-corrected chi connectivity index (χ0v) is 13.3. The molecule has 2 aromatic carbocycles. The van der Waals surface area contributed by atoms with Gasteiger partial charge in [-0.2, -0.15) is 0 Å². The smallest absolute Gasteiger partial charge is 0.203 e. The number of nitrogens with zero attached hydrogens (tertiary/aromatic N) is 2. The van der Waals surface area contributed by atoms with Crippen LogP contribution in [0.5, 0.6) is 0 Å². The fraction of sp³-hybridized carbons (Fsp3) is 0.316. The quantitative estimate of drug-likeness (QED) is 0.778. The van der Waals surface area contributed by atoms with Gasteiger partial charge in [0, 0.05) is 13.1 Å². The van der Waals surface area contributed by atoms with E-state index >= 15 is 0 Å². The molecule has 0 spiro atoms. The van der Waals surface area contributed by atoms with Crippen molar-refractivity contribution in [3.05, 3.63) is 59.7 Å². The molecule has 124 valence electrons. The van der Waals surface area contributed by atoms with Crippen molar-refractivity contribution in [3.8, 4) is 0 Å². The highest BCUT2D eigenvalue weighted by molar-refractivity contribution is 5.77. The zero-order chi connectivity index (χ0) is 16.5. The van der Waals surface area contributed by atoms with Crippen molar-refractivity contribution in [2.24, 2.45) is 5.92 Å². The maximum atomic E-state index is 13.3. The summed E-state index contributed by atoms with van der Waals surface area (Å²) in [6.45, 7) is 1.85. The van der Waals surface area contributed by atoms with Crippen LogP contribution in [0.15, 0.2) is 42.5 Å². The van der Waals surface area contributed by atoms with Gasteiger partial charge in [0.2, 0.25) is 5.95 Å². The number of H-pyrrole nitrogens is 1. The van der Waals surface area contributed by atoms with E-state index in [0.29, 0.717) is 5.92 Å². The van der Waals surface area contributed by atoms with Gasteiger partial charge in [0.15, 0.2) is 11.6 Å². The molecule has 4 rings (SSSR count). The second-order valence-corrected chi connectivity index (χ2v) is 6.46. The third kappa shape index (κ3) is 2.98. The Balaban J connectivity index is 1.40. The third-order valence-corrected chi connectivity index (χ3v) is 4.80. The molecule has 3 aromatic rings. The highest BCUT2D eigenvalue weighted by atomic mass is 19.2. The van der Waals surface area contributed by atoms with Gasteiger partial charge in [-0.1, -0.05) is 18.2 Å². The molecule has 0 unspecified atom stereocenters. The minimum absolute atomic E-state index is 0.496. The number of anilines is 1. The number of aromatic nitrogens is 2. The number of halogens is 2. The number of hydrogen-bond donors (Lipinski definition) is 1. The Kier molecular flexibility index (Phi) is 3.92. The van der Waals surface area contributed by atoms with Crippen molar-refractivity contribution >= 4 is 17.0 Å². The molecule has 0 bridgehead atoms. The summed E-state index contributed by atoms with van der Waals surface area (Å²) in [5.74, 6) is -0.122. The van der Waals surface area contributed by atoms with Crippen LogP contribution in [-0.4, -0.2) is 23.1 Å². The van der Waals surface area contributed by atoms with Crippen molar-refractivity contribution in [3.63, 3.8) is 0 Å². The van der Waals surface area contributed by atoms with Gasteiger partial charge in [0.1, 0.15) is 0 Å². The molecule has 0 aliphatic carbocycles. The lowest BCUT2D eigenvalue weighted by Gasteiger charge is -2.31. The number of para-hydroxylation sites is 2. The normalized spacial score (nSPS) is 16.0. The monoisotopic (exact) mass is 327 g/mol. The number of hydrogen-bond acceptors (Lipinski definition) is 2. The first-order valence-electron chi connectivity index (χ1n) is 8.32. The van der Waals surface area contributed by atoms with Crippen molar-refractivity contribution in [2.45, 2.75) is 19.3 Å². The fourth-order valence-electron chi connectivity index (χ4n) is 3.44. The van der Waals surface area contributed by atoms with Crippen LogP contribution in [0.4, 0.5) is 14.7 Å². The van der Waals surface area contributed by atoms with Gasteiger partial charge < -0.3 is 9.88 Å². The van der Waals surface area contributed by atoms with Crippen LogP contribution in [-0.2, 0) is 6.42 Å². The molecule has 0 atom stereocenters. The summed E-state index contributed by atoms with van der Waals surface area (Å²) in [5, 5.41) is 0. The van der Waals surface area contributed by atoms with Gasteiger partial charge in [-0.15, -0.1) is 0 Å². The van der Waals surface area contributed by atoms with E-state index in [9.17, 15) is 8.78 Å². The minimum atomic E-state index is -0.779. The van der Waals surface area contributed by atoms with Gasteiger partial charge in [-0.05, 0) is 55.0 Å². The second kappa shape index (κ2) is 6.23. The summed E-state index contributed by atoms with van der Waals surface area (Å²) in [6, 6.07) is 12.2. The van der Waals surface area contributed by atoms with E-state index in [1.54, 1.807) is 6.07 Å². The second-order valence-electron chi connectivity index (χ2n) is 6.46. The zero-order valence-electron chi connectivity index (χ0n) is 13.3. The lowest BCUT2D eigenvalue weighted by Crippen LogP contribution is -2.35. The largest absolute Gasteiger partial charge is 0.342 e. The molecule has 5 heteroatoms. The summed E-state index contributed by atoms with van der Waals surface area (Å²) in [5.41, 5.74) is 2.91. The summed E-state index contributed by atoms with van der Waals surface area (Å²) in [6.07, 6.45) is 2.84. The van der Waals surface area contributed by atoms with Crippen LogP contribution in [0, 0.1) is 17.6 Å². The van der Waals surface area contributed by atoms with Crippen molar-refractivity contribution in [1.82, 2.24) is 9.97 Å². The first kappa shape index (κ1) is 15.1. The highest BCUT2D eigenvalue weighted by Crippen LogP contribution is 2.26. The molecular formula is C19H19F2N3. The molecule has 1 fully saturated rings. The van der Waals surface area contributed by atoms with E-state index in [-0.39, 0.29) is 0 Å². The lowest BCUT2D eigenvalue weighted by molar-refractivity contribution is 0.400. The number of benzene rings is 2. The first-order chi connectivity index (χ1) is 11.7. The van der Waals surface area contributed by atoms with Crippen molar-refractivity contribution in [2.75, 3.05) is 18.0 Å². The van der Waals surface area contributed by atoms with E-state index in [1.165, 1.54) is 12.1 Å². The van der Waals surface area contributed by atoms with Crippen molar-refractivity contribution < 1.29 is 8.78 Å². The summed E-state index contributed by atoms with van der Waals surface area (Å²) in [7, 11) is 0. The predicted octanol–water partition coefficient (Wildman–Crippen LogP) is 4.30. The predicted molar refractivity (Wildman–Crippen MR) is 91.1 cm³/mol. The number of rotatable bonds is 3. The molecule has 1 aromatic heterocycles.